The van der Waals surface area contributed by atoms with Crippen LogP contribution in [-0.4, -0.2) is 25.6 Å². The number of hydrogen-bond donors (Lipinski definition) is 2. The van der Waals surface area contributed by atoms with Crippen molar-refractivity contribution in [2.75, 3.05) is 19.7 Å². The second-order valence-electron chi connectivity index (χ2n) is 5.39. The third kappa shape index (κ3) is 6.28. The summed E-state index contributed by atoms with van der Waals surface area (Å²) in [5.41, 5.74) is 1.49. The van der Waals surface area contributed by atoms with Gasteiger partial charge in [0.1, 0.15) is 18.2 Å². The summed E-state index contributed by atoms with van der Waals surface area (Å²) in [4.78, 5) is 11.9. The van der Waals surface area contributed by atoms with Gasteiger partial charge in [-0.05, 0) is 43.3 Å². The van der Waals surface area contributed by atoms with Gasteiger partial charge in [0.25, 0.3) is 5.91 Å². The van der Waals surface area contributed by atoms with Crippen LogP contribution in [0, 0.1) is 18.2 Å². The van der Waals surface area contributed by atoms with Gasteiger partial charge >= 0.3 is 0 Å². The molecule has 0 spiro atoms. The van der Waals surface area contributed by atoms with Gasteiger partial charge in [-0.2, -0.15) is 0 Å². The molecule has 0 saturated heterocycles. The fourth-order valence-corrected chi connectivity index (χ4v) is 2.25. The van der Waals surface area contributed by atoms with Crippen LogP contribution in [0.5, 0.6) is 5.75 Å². The van der Waals surface area contributed by atoms with Crippen molar-refractivity contribution in [3.63, 3.8) is 0 Å². The first-order chi connectivity index (χ1) is 12.2. The van der Waals surface area contributed by atoms with Crippen molar-refractivity contribution >= 4 is 5.91 Å². The molecule has 25 heavy (non-hydrogen) atoms. The molecule has 2 rings (SSSR count). The van der Waals surface area contributed by atoms with E-state index in [1.165, 1.54) is 24.3 Å². The van der Waals surface area contributed by atoms with E-state index >= 15 is 0 Å². The second-order valence-corrected chi connectivity index (χ2v) is 5.39. The van der Waals surface area contributed by atoms with E-state index in [0.717, 1.165) is 24.3 Å². The van der Waals surface area contributed by atoms with Gasteiger partial charge in [-0.15, -0.1) is 6.42 Å². The predicted octanol–water partition coefficient (Wildman–Crippen LogP) is 2.75. The number of para-hydroxylation sites is 1. The Morgan fingerprint density at radius 3 is 2.64 bits per heavy atom. The highest BCUT2D eigenvalue weighted by Crippen LogP contribution is 2.17. The van der Waals surface area contributed by atoms with Gasteiger partial charge in [-0.1, -0.05) is 24.1 Å². The van der Waals surface area contributed by atoms with Crippen LogP contribution in [0.2, 0.25) is 0 Å². The molecule has 0 radical (unpaired) electrons. The lowest BCUT2D eigenvalue weighted by Gasteiger charge is -2.11. The highest BCUT2D eigenvalue weighted by Gasteiger charge is 2.05. The van der Waals surface area contributed by atoms with Gasteiger partial charge in [0.05, 0.1) is 0 Å². The zero-order chi connectivity index (χ0) is 17.9. The summed E-state index contributed by atoms with van der Waals surface area (Å²) >= 11 is 0. The lowest BCUT2D eigenvalue weighted by atomic mass is 10.2. The largest absolute Gasteiger partial charge is 0.481 e. The lowest BCUT2D eigenvalue weighted by molar-refractivity contribution is 0.0953. The number of hydrogen-bond acceptors (Lipinski definition) is 3. The average molecular weight is 340 g/mol. The van der Waals surface area contributed by atoms with Crippen LogP contribution in [0.25, 0.3) is 0 Å². The normalized spacial score (nSPS) is 10.1. The molecule has 130 valence electrons. The summed E-state index contributed by atoms with van der Waals surface area (Å²) < 4.78 is 18.3. The van der Waals surface area contributed by atoms with Crippen LogP contribution in [0.1, 0.15) is 22.3 Å². The first kappa shape index (κ1) is 18.5. The second kappa shape index (κ2) is 10.1. The van der Waals surface area contributed by atoms with Gasteiger partial charge in [-0.25, -0.2) is 4.39 Å². The summed E-state index contributed by atoms with van der Waals surface area (Å²) in [5.74, 6) is 2.67. The first-order valence-electron chi connectivity index (χ1n) is 8.09. The zero-order valence-corrected chi connectivity index (χ0v) is 13.9. The van der Waals surface area contributed by atoms with Crippen molar-refractivity contribution in [3.05, 3.63) is 65.5 Å². The van der Waals surface area contributed by atoms with Gasteiger partial charge in [0.2, 0.25) is 0 Å². The Labute approximate surface area is 147 Å². The van der Waals surface area contributed by atoms with E-state index < -0.39 is 0 Å². The zero-order valence-electron chi connectivity index (χ0n) is 13.9. The highest BCUT2D eigenvalue weighted by atomic mass is 19.1. The monoisotopic (exact) mass is 340 g/mol. The molecule has 4 nitrogen and oxygen atoms in total. The van der Waals surface area contributed by atoms with Gasteiger partial charge in [0, 0.05) is 24.2 Å². The van der Waals surface area contributed by atoms with E-state index in [0.29, 0.717) is 18.7 Å². The molecule has 2 aromatic rings. The molecule has 2 N–H and O–H groups in total. The summed E-state index contributed by atoms with van der Waals surface area (Å²) in [7, 11) is 0. The van der Waals surface area contributed by atoms with E-state index in [9.17, 15) is 9.18 Å². The summed E-state index contributed by atoms with van der Waals surface area (Å²) in [6.45, 7) is 2.19. The molecule has 0 fully saturated rings. The Morgan fingerprint density at radius 2 is 1.88 bits per heavy atom. The smallest absolute Gasteiger partial charge is 0.251 e. The number of amides is 1. The van der Waals surface area contributed by atoms with Crippen LogP contribution >= 0.6 is 0 Å². The van der Waals surface area contributed by atoms with Crippen molar-refractivity contribution in [3.8, 4) is 18.1 Å². The molecular formula is C20H21FN2O2. The molecule has 5 heteroatoms. The molecule has 0 aromatic heterocycles. The van der Waals surface area contributed by atoms with Crippen LogP contribution in [-0.2, 0) is 6.54 Å². The van der Waals surface area contributed by atoms with Crippen LogP contribution < -0.4 is 15.4 Å². The van der Waals surface area contributed by atoms with Crippen molar-refractivity contribution in [1.29, 1.82) is 0 Å². The summed E-state index contributed by atoms with van der Waals surface area (Å²) in [5, 5.41) is 6.12. The minimum atomic E-state index is -0.354. The van der Waals surface area contributed by atoms with Crippen molar-refractivity contribution in [2.45, 2.75) is 13.0 Å². The molecule has 0 saturated carbocycles. The maximum atomic E-state index is 12.8. The fourth-order valence-electron chi connectivity index (χ4n) is 2.25. The topological polar surface area (TPSA) is 50.4 Å². The quantitative estimate of drug-likeness (QED) is 0.545. The maximum absolute atomic E-state index is 12.8. The number of carbonyl (C=O) groups is 1. The molecule has 0 atom stereocenters. The number of rotatable bonds is 9. The first-order valence-corrected chi connectivity index (χ1v) is 8.09. The van der Waals surface area contributed by atoms with Crippen LogP contribution in [0.4, 0.5) is 4.39 Å². The molecule has 0 aliphatic rings. The Bertz CT molecular complexity index is 723. The van der Waals surface area contributed by atoms with Gasteiger partial charge in [-0.3, -0.25) is 4.79 Å². The Kier molecular flexibility index (Phi) is 7.48. The molecule has 0 bridgehead atoms. The van der Waals surface area contributed by atoms with Crippen LogP contribution in [0.3, 0.4) is 0 Å². The number of ether oxygens (including phenoxy) is 1. The van der Waals surface area contributed by atoms with E-state index in [2.05, 4.69) is 16.6 Å². The highest BCUT2D eigenvalue weighted by molar-refractivity contribution is 5.94. The molecule has 0 heterocycles. The van der Waals surface area contributed by atoms with E-state index in [1.54, 1.807) is 0 Å². The van der Waals surface area contributed by atoms with Gasteiger partial charge < -0.3 is 15.4 Å². The van der Waals surface area contributed by atoms with E-state index in [1.807, 2.05) is 24.3 Å². The molecule has 0 unspecified atom stereocenters. The number of terminal acetylenes is 1. The predicted molar refractivity (Wildman–Crippen MR) is 95.8 cm³/mol. The number of benzene rings is 2. The molecule has 0 aliphatic heterocycles. The molecule has 1 amide bonds. The Balaban J connectivity index is 1.66. The minimum absolute atomic E-state index is 0.201. The standard InChI is InChI=1S/C20H21FN2O2/c1-2-14-25-19-7-4-3-6-17(19)15-22-12-5-13-23-20(24)16-8-10-18(21)11-9-16/h1,3-4,6-11,22H,5,12-15H2,(H,23,24). The molecule has 2 aromatic carbocycles. The number of carbonyl (C=O) groups excluding carboxylic acids is 1. The summed E-state index contributed by atoms with van der Waals surface area (Å²) in [6, 6.07) is 13.2. The summed E-state index contributed by atoms with van der Waals surface area (Å²) in [6.07, 6.45) is 5.99. The minimum Gasteiger partial charge on any atom is -0.481 e. The van der Waals surface area contributed by atoms with Gasteiger partial charge in [0.15, 0.2) is 0 Å². The maximum Gasteiger partial charge on any atom is 0.251 e. The van der Waals surface area contributed by atoms with Crippen LogP contribution in [0.15, 0.2) is 48.5 Å². The average Bonchev–Trinajstić information content (AvgIpc) is 2.64. The van der Waals surface area contributed by atoms with Crippen molar-refractivity contribution in [1.82, 2.24) is 10.6 Å². The Morgan fingerprint density at radius 1 is 1.12 bits per heavy atom. The molecule has 0 aliphatic carbocycles. The fraction of sp³-hybridized carbons (Fsp3) is 0.250. The van der Waals surface area contributed by atoms with E-state index in [4.69, 9.17) is 11.2 Å². The number of halogens is 1. The third-order valence-corrected chi connectivity index (χ3v) is 3.52. The lowest BCUT2D eigenvalue weighted by Crippen LogP contribution is -2.27. The molecular weight excluding hydrogens is 319 g/mol. The number of nitrogens with one attached hydrogen (secondary N) is 2. The Hall–Kier alpha value is -2.84. The van der Waals surface area contributed by atoms with Crippen molar-refractivity contribution < 1.29 is 13.9 Å². The SMILES string of the molecule is C#CCOc1ccccc1CNCCCNC(=O)c1ccc(F)cc1. The van der Waals surface area contributed by atoms with Crippen molar-refractivity contribution in [2.24, 2.45) is 0 Å². The third-order valence-electron chi connectivity index (χ3n) is 3.52. The van der Waals surface area contributed by atoms with E-state index in [-0.39, 0.29) is 18.3 Å².